The van der Waals surface area contributed by atoms with Crippen molar-refractivity contribution in [1.82, 2.24) is 5.32 Å². The molecule has 1 unspecified atom stereocenters. The topological polar surface area (TPSA) is 50.7 Å². The summed E-state index contributed by atoms with van der Waals surface area (Å²) in [5, 5.41) is 13.5. The standard InChI is InChI=1S/C11H14ClNO3/c1-13-4-10(14)9-3-8(12)2-7-5-15-6-16-11(7)9/h2-3,10,13-14H,4-6H2,1H3. The maximum Gasteiger partial charge on any atom is 0.189 e. The van der Waals surface area contributed by atoms with E-state index in [0.717, 1.165) is 5.56 Å². The molecule has 1 atom stereocenters. The van der Waals surface area contributed by atoms with E-state index in [9.17, 15) is 5.11 Å². The molecule has 1 aliphatic rings. The molecule has 4 nitrogen and oxygen atoms in total. The predicted octanol–water partition coefficient (Wildman–Crippen LogP) is 1.46. The minimum absolute atomic E-state index is 0.216. The number of rotatable bonds is 3. The zero-order valence-corrected chi connectivity index (χ0v) is 9.75. The van der Waals surface area contributed by atoms with Gasteiger partial charge in [-0.2, -0.15) is 0 Å². The van der Waals surface area contributed by atoms with Gasteiger partial charge in [0.05, 0.1) is 12.7 Å². The summed E-state index contributed by atoms with van der Waals surface area (Å²) in [6.45, 7) is 1.14. The monoisotopic (exact) mass is 243 g/mol. The Balaban J connectivity index is 2.38. The van der Waals surface area contributed by atoms with Crippen LogP contribution in [0.1, 0.15) is 17.2 Å². The molecule has 16 heavy (non-hydrogen) atoms. The third kappa shape index (κ3) is 2.30. The van der Waals surface area contributed by atoms with Crippen molar-refractivity contribution >= 4 is 11.6 Å². The average molecular weight is 244 g/mol. The van der Waals surface area contributed by atoms with Crippen molar-refractivity contribution in [3.63, 3.8) is 0 Å². The Bertz CT molecular complexity index is 384. The van der Waals surface area contributed by atoms with Gasteiger partial charge in [-0.15, -0.1) is 0 Å². The molecule has 88 valence electrons. The van der Waals surface area contributed by atoms with Crippen LogP contribution in [0.15, 0.2) is 12.1 Å². The molecule has 0 bridgehead atoms. The van der Waals surface area contributed by atoms with Crippen LogP contribution in [0, 0.1) is 0 Å². The summed E-state index contributed by atoms with van der Waals surface area (Å²) < 4.78 is 10.6. The average Bonchev–Trinajstić information content (AvgIpc) is 2.28. The van der Waals surface area contributed by atoms with Gasteiger partial charge < -0.3 is 19.9 Å². The van der Waals surface area contributed by atoms with Gasteiger partial charge in [0.15, 0.2) is 6.79 Å². The van der Waals surface area contributed by atoms with E-state index >= 15 is 0 Å². The second-order valence-corrected chi connectivity index (χ2v) is 4.10. The first-order valence-electron chi connectivity index (χ1n) is 5.08. The number of nitrogens with one attached hydrogen (secondary N) is 1. The molecule has 0 aromatic heterocycles. The number of ether oxygens (including phenoxy) is 2. The van der Waals surface area contributed by atoms with Crippen LogP contribution in [-0.4, -0.2) is 25.5 Å². The number of aliphatic hydroxyl groups excluding tert-OH is 1. The van der Waals surface area contributed by atoms with Gasteiger partial charge in [0, 0.05) is 22.7 Å². The quantitative estimate of drug-likeness (QED) is 0.844. The van der Waals surface area contributed by atoms with E-state index in [4.69, 9.17) is 21.1 Å². The van der Waals surface area contributed by atoms with Crippen LogP contribution in [0.3, 0.4) is 0 Å². The third-order valence-corrected chi connectivity index (χ3v) is 2.68. The molecule has 0 spiro atoms. The number of benzene rings is 1. The molecule has 5 heteroatoms. The number of likely N-dealkylation sites (N-methyl/N-ethyl adjacent to an activating group) is 1. The van der Waals surface area contributed by atoms with Gasteiger partial charge in [0.25, 0.3) is 0 Å². The van der Waals surface area contributed by atoms with Crippen LogP contribution < -0.4 is 10.1 Å². The summed E-state index contributed by atoms with van der Waals surface area (Å²) in [4.78, 5) is 0. The second kappa shape index (κ2) is 5.01. The maximum absolute atomic E-state index is 9.96. The van der Waals surface area contributed by atoms with Gasteiger partial charge in [0.2, 0.25) is 0 Å². The number of halogens is 1. The summed E-state index contributed by atoms with van der Waals surface area (Å²) in [5.74, 6) is 0.693. The minimum Gasteiger partial charge on any atom is -0.467 e. The van der Waals surface area contributed by atoms with E-state index in [-0.39, 0.29) is 6.79 Å². The minimum atomic E-state index is -0.629. The van der Waals surface area contributed by atoms with Gasteiger partial charge in [-0.3, -0.25) is 0 Å². The summed E-state index contributed by atoms with van der Waals surface area (Å²) in [6.07, 6.45) is -0.629. The van der Waals surface area contributed by atoms with Gasteiger partial charge in [0.1, 0.15) is 5.75 Å². The van der Waals surface area contributed by atoms with E-state index in [1.807, 2.05) is 0 Å². The van der Waals surface area contributed by atoms with Crippen LogP contribution in [0.4, 0.5) is 0 Å². The Labute approximate surface area is 99.1 Å². The predicted molar refractivity (Wildman–Crippen MR) is 60.6 cm³/mol. The van der Waals surface area contributed by atoms with Crippen molar-refractivity contribution in [2.75, 3.05) is 20.4 Å². The van der Waals surface area contributed by atoms with Crippen LogP contribution in [0.25, 0.3) is 0 Å². The van der Waals surface area contributed by atoms with Gasteiger partial charge >= 0.3 is 0 Å². The van der Waals surface area contributed by atoms with Crippen LogP contribution in [0.2, 0.25) is 5.02 Å². The molecule has 0 amide bonds. The fourth-order valence-electron chi connectivity index (χ4n) is 1.76. The Morgan fingerprint density at radius 1 is 1.56 bits per heavy atom. The Kier molecular flexibility index (Phi) is 3.66. The SMILES string of the molecule is CNCC(O)c1cc(Cl)cc2c1OCOC2. The number of hydrogen-bond donors (Lipinski definition) is 2. The zero-order chi connectivity index (χ0) is 11.5. The maximum atomic E-state index is 9.96. The van der Waals surface area contributed by atoms with E-state index in [0.29, 0.717) is 29.5 Å². The molecule has 1 aliphatic heterocycles. The number of fused-ring (bicyclic) bond motifs is 1. The molecule has 0 aliphatic carbocycles. The highest BCUT2D eigenvalue weighted by Crippen LogP contribution is 2.34. The Morgan fingerprint density at radius 3 is 3.12 bits per heavy atom. The van der Waals surface area contributed by atoms with Crippen LogP contribution in [0.5, 0.6) is 5.75 Å². The van der Waals surface area contributed by atoms with Gasteiger partial charge in [-0.05, 0) is 19.2 Å². The van der Waals surface area contributed by atoms with E-state index < -0.39 is 6.10 Å². The molecular weight excluding hydrogens is 230 g/mol. The molecule has 2 N–H and O–H groups in total. The molecule has 0 saturated carbocycles. The largest absolute Gasteiger partial charge is 0.467 e. The number of hydrogen-bond acceptors (Lipinski definition) is 4. The smallest absolute Gasteiger partial charge is 0.189 e. The van der Waals surface area contributed by atoms with E-state index in [2.05, 4.69) is 5.32 Å². The highest BCUT2D eigenvalue weighted by Gasteiger charge is 2.20. The summed E-state index contributed by atoms with van der Waals surface area (Å²) in [7, 11) is 1.78. The number of aliphatic hydroxyl groups is 1. The molecule has 0 fully saturated rings. The highest BCUT2D eigenvalue weighted by atomic mass is 35.5. The lowest BCUT2D eigenvalue weighted by Gasteiger charge is -2.23. The molecule has 0 radical (unpaired) electrons. The molecule has 1 heterocycles. The van der Waals surface area contributed by atoms with Gasteiger partial charge in [-0.25, -0.2) is 0 Å². The van der Waals surface area contributed by atoms with Crippen molar-refractivity contribution in [2.45, 2.75) is 12.7 Å². The fourth-order valence-corrected chi connectivity index (χ4v) is 2.01. The first kappa shape index (κ1) is 11.7. The van der Waals surface area contributed by atoms with Crippen molar-refractivity contribution in [3.05, 3.63) is 28.3 Å². The van der Waals surface area contributed by atoms with E-state index in [1.54, 1.807) is 19.2 Å². The zero-order valence-electron chi connectivity index (χ0n) is 9.00. The second-order valence-electron chi connectivity index (χ2n) is 3.67. The lowest BCUT2D eigenvalue weighted by molar-refractivity contribution is -0.0185. The molecule has 1 aromatic rings. The third-order valence-electron chi connectivity index (χ3n) is 2.46. The lowest BCUT2D eigenvalue weighted by Crippen LogP contribution is -2.20. The summed E-state index contributed by atoms with van der Waals surface area (Å²) in [6, 6.07) is 3.53. The van der Waals surface area contributed by atoms with Crippen molar-refractivity contribution < 1.29 is 14.6 Å². The molecule has 0 saturated heterocycles. The molecule has 1 aromatic carbocycles. The summed E-state index contributed by atoms with van der Waals surface area (Å²) in [5.41, 5.74) is 1.59. The first-order valence-corrected chi connectivity index (χ1v) is 5.45. The van der Waals surface area contributed by atoms with E-state index in [1.165, 1.54) is 0 Å². The Hall–Kier alpha value is -0.810. The van der Waals surface area contributed by atoms with Crippen LogP contribution >= 0.6 is 11.6 Å². The fraction of sp³-hybridized carbons (Fsp3) is 0.455. The Morgan fingerprint density at radius 2 is 2.38 bits per heavy atom. The van der Waals surface area contributed by atoms with Crippen molar-refractivity contribution in [1.29, 1.82) is 0 Å². The molecule has 2 rings (SSSR count). The molecular formula is C11H14ClNO3. The summed E-state index contributed by atoms with van der Waals surface area (Å²) >= 11 is 5.98. The highest BCUT2D eigenvalue weighted by molar-refractivity contribution is 6.30. The lowest BCUT2D eigenvalue weighted by atomic mass is 10.0. The normalized spacial score (nSPS) is 16.4. The van der Waals surface area contributed by atoms with Crippen molar-refractivity contribution in [2.24, 2.45) is 0 Å². The van der Waals surface area contributed by atoms with Crippen molar-refractivity contribution in [3.8, 4) is 5.75 Å². The van der Waals surface area contributed by atoms with Crippen LogP contribution in [-0.2, 0) is 11.3 Å². The first-order chi connectivity index (χ1) is 7.72. The van der Waals surface area contributed by atoms with Gasteiger partial charge in [-0.1, -0.05) is 11.6 Å².